The van der Waals surface area contributed by atoms with Gasteiger partial charge in [0, 0.05) is 5.56 Å². The molecule has 0 heterocycles. The summed E-state index contributed by atoms with van der Waals surface area (Å²) in [6.07, 6.45) is 0. The molecule has 2 amide bonds. The molecule has 2 aromatic carbocycles. The summed E-state index contributed by atoms with van der Waals surface area (Å²) in [7, 11) is 1.50. The van der Waals surface area contributed by atoms with Crippen LogP contribution in [-0.2, 0) is 4.79 Å². The van der Waals surface area contributed by atoms with Crippen LogP contribution in [0.1, 0.15) is 10.4 Å². The molecule has 0 atom stereocenters. The fraction of sp³-hybridized carbons (Fsp3) is 0.125. The van der Waals surface area contributed by atoms with Crippen molar-refractivity contribution in [2.45, 2.75) is 0 Å². The largest absolute Gasteiger partial charge is 0.497 e. The fourth-order valence-electron chi connectivity index (χ4n) is 1.70. The van der Waals surface area contributed by atoms with E-state index in [9.17, 15) is 9.59 Å². The van der Waals surface area contributed by atoms with Gasteiger partial charge in [-0.15, -0.1) is 0 Å². The van der Waals surface area contributed by atoms with E-state index in [1.54, 1.807) is 48.5 Å². The molecule has 0 fully saturated rings. The first-order valence-electron chi connectivity index (χ1n) is 6.70. The highest BCUT2D eigenvalue weighted by Crippen LogP contribution is 2.22. The Bertz CT molecular complexity index is 706. The average Bonchev–Trinajstić information content (AvgIpc) is 2.59. The second-order valence-corrected chi connectivity index (χ2v) is 4.86. The Hall–Kier alpha value is -2.73. The third-order valence-electron chi connectivity index (χ3n) is 2.84. The monoisotopic (exact) mass is 334 g/mol. The van der Waals surface area contributed by atoms with E-state index >= 15 is 0 Å². The second-order valence-electron chi connectivity index (χ2n) is 4.45. The van der Waals surface area contributed by atoms with Crippen molar-refractivity contribution < 1.29 is 19.1 Å². The molecule has 0 saturated heterocycles. The number of hydrazine groups is 1. The number of carbonyl (C=O) groups excluding carboxylic acids is 2. The predicted molar refractivity (Wildman–Crippen MR) is 85.5 cm³/mol. The van der Waals surface area contributed by atoms with Crippen LogP contribution in [0.25, 0.3) is 0 Å². The van der Waals surface area contributed by atoms with Crippen LogP contribution in [0.4, 0.5) is 0 Å². The Morgan fingerprint density at radius 1 is 1.09 bits per heavy atom. The first kappa shape index (κ1) is 16.6. The summed E-state index contributed by atoms with van der Waals surface area (Å²) in [5.41, 5.74) is 4.91. The summed E-state index contributed by atoms with van der Waals surface area (Å²) in [6.45, 7) is -0.276. The molecule has 0 aliphatic heterocycles. The topological polar surface area (TPSA) is 76.7 Å². The number of benzene rings is 2. The van der Waals surface area contributed by atoms with Crippen molar-refractivity contribution in [3.05, 3.63) is 59.1 Å². The van der Waals surface area contributed by atoms with Crippen molar-refractivity contribution in [2.75, 3.05) is 13.7 Å². The molecule has 6 nitrogen and oxygen atoms in total. The zero-order valence-electron chi connectivity index (χ0n) is 12.3. The van der Waals surface area contributed by atoms with Crippen molar-refractivity contribution in [2.24, 2.45) is 0 Å². The molecule has 0 aliphatic rings. The standard InChI is InChI=1S/C16H15ClN2O4/c1-22-12-6-4-5-11(9-12)16(21)19-18-15(20)10-23-14-8-3-2-7-13(14)17/h2-9H,10H2,1H3,(H,18,20)(H,19,21). The molecule has 2 N–H and O–H groups in total. The van der Waals surface area contributed by atoms with E-state index in [4.69, 9.17) is 21.1 Å². The van der Waals surface area contributed by atoms with Crippen molar-refractivity contribution in [3.63, 3.8) is 0 Å². The van der Waals surface area contributed by atoms with Crippen molar-refractivity contribution in [1.29, 1.82) is 0 Å². The molecule has 0 bridgehead atoms. The van der Waals surface area contributed by atoms with Gasteiger partial charge in [-0.3, -0.25) is 20.4 Å². The van der Waals surface area contributed by atoms with Gasteiger partial charge in [0.2, 0.25) is 0 Å². The quantitative estimate of drug-likeness (QED) is 0.822. The molecule has 120 valence electrons. The van der Waals surface area contributed by atoms with Crippen LogP contribution in [0.3, 0.4) is 0 Å². The number of amides is 2. The lowest BCUT2D eigenvalue weighted by atomic mass is 10.2. The Labute approximate surface area is 138 Å². The normalized spacial score (nSPS) is 9.83. The summed E-state index contributed by atoms with van der Waals surface area (Å²) in [4.78, 5) is 23.6. The van der Waals surface area contributed by atoms with Crippen molar-refractivity contribution in [1.82, 2.24) is 10.9 Å². The molecule has 23 heavy (non-hydrogen) atoms. The lowest BCUT2D eigenvalue weighted by Crippen LogP contribution is -2.43. The third-order valence-corrected chi connectivity index (χ3v) is 3.16. The summed E-state index contributed by atoms with van der Waals surface area (Å²) >= 11 is 5.91. The molecular weight excluding hydrogens is 320 g/mol. The number of hydrogen-bond donors (Lipinski definition) is 2. The summed E-state index contributed by atoms with van der Waals surface area (Å²) in [5, 5.41) is 0.403. The smallest absolute Gasteiger partial charge is 0.276 e. The van der Waals surface area contributed by atoms with Gasteiger partial charge in [0.1, 0.15) is 11.5 Å². The second kappa shape index (κ2) is 8.05. The Kier molecular flexibility index (Phi) is 5.82. The Morgan fingerprint density at radius 3 is 2.61 bits per heavy atom. The van der Waals surface area contributed by atoms with Crippen LogP contribution in [0.5, 0.6) is 11.5 Å². The van der Waals surface area contributed by atoms with Crippen LogP contribution in [0.15, 0.2) is 48.5 Å². The molecule has 0 saturated carbocycles. The van der Waals surface area contributed by atoms with Gasteiger partial charge in [-0.2, -0.15) is 0 Å². The van der Waals surface area contributed by atoms with E-state index < -0.39 is 11.8 Å². The molecule has 0 aromatic heterocycles. The van der Waals surface area contributed by atoms with E-state index in [0.717, 1.165) is 0 Å². The van der Waals surface area contributed by atoms with E-state index in [1.807, 2.05) is 0 Å². The maximum atomic E-state index is 11.9. The highest BCUT2D eigenvalue weighted by atomic mass is 35.5. The number of nitrogens with one attached hydrogen (secondary N) is 2. The maximum Gasteiger partial charge on any atom is 0.276 e. The van der Waals surface area contributed by atoms with Crippen LogP contribution in [0.2, 0.25) is 5.02 Å². The van der Waals surface area contributed by atoms with Crippen LogP contribution >= 0.6 is 11.6 Å². The lowest BCUT2D eigenvalue weighted by molar-refractivity contribution is -0.123. The minimum atomic E-state index is -0.513. The van der Waals surface area contributed by atoms with Gasteiger partial charge in [0.25, 0.3) is 11.8 Å². The first-order chi connectivity index (χ1) is 11.1. The molecule has 2 aromatic rings. The molecule has 2 rings (SSSR count). The average molecular weight is 335 g/mol. The molecule has 0 radical (unpaired) electrons. The minimum Gasteiger partial charge on any atom is -0.497 e. The number of rotatable bonds is 5. The van der Waals surface area contributed by atoms with Gasteiger partial charge in [0.05, 0.1) is 12.1 Å². The van der Waals surface area contributed by atoms with Gasteiger partial charge in [-0.05, 0) is 30.3 Å². The van der Waals surface area contributed by atoms with E-state index in [0.29, 0.717) is 22.1 Å². The van der Waals surface area contributed by atoms with Crippen LogP contribution in [-0.4, -0.2) is 25.5 Å². The Morgan fingerprint density at radius 2 is 1.87 bits per heavy atom. The first-order valence-corrected chi connectivity index (χ1v) is 7.08. The number of hydrogen-bond acceptors (Lipinski definition) is 4. The molecule has 7 heteroatoms. The molecule has 0 aliphatic carbocycles. The SMILES string of the molecule is COc1cccc(C(=O)NNC(=O)COc2ccccc2Cl)c1. The fourth-order valence-corrected chi connectivity index (χ4v) is 1.89. The van der Waals surface area contributed by atoms with E-state index in [1.165, 1.54) is 7.11 Å². The number of methoxy groups -OCH3 is 1. The van der Waals surface area contributed by atoms with Crippen molar-refractivity contribution >= 4 is 23.4 Å². The van der Waals surface area contributed by atoms with Gasteiger partial charge < -0.3 is 9.47 Å². The van der Waals surface area contributed by atoms with Crippen LogP contribution in [0, 0.1) is 0 Å². The third kappa shape index (κ3) is 4.89. The summed E-state index contributed by atoms with van der Waals surface area (Å²) in [6, 6.07) is 13.3. The molecule has 0 spiro atoms. The maximum absolute atomic E-state index is 11.9. The highest BCUT2D eigenvalue weighted by molar-refractivity contribution is 6.32. The van der Waals surface area contributed by atoms with Crippen molar-refractivity contribution in [3.8, 4) is 11.5 Å². The van der Waals surface area contributed by atoms with Gasteiger partial charge in [-0.1, -0.05) is 29.8 Å². The minimum absolute atomic E-state index is 0.276. The molecular formula is C16H15ClN2O4. The van der Waals surface area contributed by atoms with E-state index in [2.05, 4.69) is 10.9 Å². The van der Waals surface area contributed by atoms with Gasteiger partial charge in [0.15, 0.2) is 6.61 Å². The zero-order valence-corrected chi connectivity index (χ0v) is 13.1. The number of para-hydroxylation sites is 1. The van der Waals surface area contributed by atoms with Crippen LogP contribution < -0.4 is 20.3 Å². The van der Waals surface area contributed by atoms with E-state index in [-0.39, 0.29) is 6.61 Å². The zero-order chi connectivity index (χ0) is 16.7. The van der Waals surface area contributed by atoms with Gasteiger partial charge >= 0.3 is 0 Å². The van der Waals surface area contributed by atoms with Gasteiger partial charge in [-0.25, -0.2) is 0 Å². The summed E-state index contributed by atoms with van der Waals surface area (Å²) < 4.78 is 10.3. The number of halogens is 1. The summed E-state index contributed by atoms with van der Waals surface area (Å²) in [5.74, 6) is -0.0365. The predicted octanol–water partition coefficient (Wildman–Crippen LogP) is 2.19. The number of ether oxygens (including phenoxy) is 2. The lowest BCUT2D eigenvalue weighted by Gasteiger charge is -2.10. The number of carbonyl (C=O) groups is 2. The molecule has 0 unspecified atom stereocenters. The Balaban J connectivity index is 1.82. The highest BCUT2D eigenvalue weighted by Gasteiger charge is 2.09.